The average Bonchev–Trinajstić information content (AvgIpc) is 3.41. The zero-order chi connectivity index (χ0) is 20.4. The number of hydrogen-bond acceptors (Lipinski definition) is 7. The number of carbonyl (C=O) groups excluding carboxylic acids is 1. The van der Waals surface area contributed by atoms with Gasteiger partial charge >= 0.3 is 0 Å². The maximum absolute atomic E-state index is 14.3. The molecule has 0 aromatic carbocycles. The molecule has 29 heavy (non-hydrogen) atoms. The van der Waals surface area contributed by atoms with Crippen molar-refractivity contribution in [1.29, 1.82) is 0 Å². The summed E-state index contributed by atoms with van der Waals surface area (Å²) in [5.41, 5.74) is 1.20. The zero-order valence-corrected chi connectivity index (χ0v) is 16.1. The van der Waals surface area contributed by atoms with Gasteiger partial charge in [0.2, 0.25) is 17.7 Å². The van der Waals surface area contributed by atoms with Crippen LogP contribution >= 0.6 is 0 Å². The Labute approximate surface area is 166 Å². The molecular weight excluding hydrogens is 379 g/mol. The third-order valence-corrected chi connectivity index (χ3v) is 4.39. The first-order chi connectivity index (χ1) is 14.0. The third kappa shape index (κ3) is 4.79. The summed E-state index contributed by atoms with van der Waals surface area (Å²) in [4.78, 5) is 23.7. The molecule has 0 radical (unpaired) electrons. The normalized spacial score (nSPS) is 14.6. The summed E-state index contributed by atoms with van der Waals surface area (Å²) in [6, 6.07) is 2.67. The molecule has 0 aliphatic heterocycles. The number of nitrogens with zero attached hydrogens (tertiary/aromatic N) is 3. The first-order valence-corrected chi connectivity index (χ1v) is 9.43. The van der Waals surface area contributed by atoms with Crippen molar-refractivity contribution in [3.05, 3.63) is 30.3 Å². The number of aromatic nitrogens is 3. The molecule has 1 saturated carbocycles. The largest absolute Gasteiger partial charge is 0.489 e. The van der Waals surface area contributed by atoms with E-state index in [1.165, 1.54) is 25.4 Å². The van der Waals surface area contributed by atoms with E-state index in [9.17, 15) is 9.18 Å². The lowest BCUT2D eigenvalue weighted by molar-refractivity contribution is -0.119. The van der Waals surface area contributed by atoms with Crippen molar-refractivity contribution in [2.45, 2.75) is 32.7 Å². The Balaban J connectivity index is 1.46. The van der Waals surface area contributed by atoms with Crippen LogP contribution in [0.4, 0.5) is 4.39 Å². The standard InChI is InChI=1S/C20H21FN4O4/c1-11(24-12(2)26)9-28-19-6-17-16(7-23-19)25-20(29-17)15-5-14(21)18(8-22-15)27-10-13-3-4-13/h5-8,11,13H,3-4,9-10H2,1-2H3,(H,24,26)/t11-/m0/s1. The Morgan fingerprint density at radius 3 is 2.86 bits per heavy atom. The van der Waals surface area contributed by atoms with Crippen LogP contribution in [0.5, 0.6) is 11.6 Å². The highest BCUT2D eigenvalue weighted by molar-refractivity contribution is 5.75. The zero-order valence-electron chi connectivity index (χ0n) is 16.1. The minimum absolute atomic E-state index is 0.127. The average molecular weight is 400 g/mol. The summed E-state index contributed by atoms with van der Waals surface area (Å²) in [5, 5.41) is 2.72. The number of amides is 1. The van der Waals surface area contributed by atoms with Gasteiger partial charge in [0.15, 0.2) is 17.1 Å². The molecule has 1 aliphatic carbocycles. The van der Waals surface area contributed by atoms with Crippen LogP contribution in [-0.4, -0.2) is 40.1 Å². The number of nitrogens with one attached hydrogen (secondary N) is 1. The minimum atomic E-state index is -0.507. The topological polar surface area (TPSA) is 99.4 Å². The number of rotatable bonds is 8. The lowest BCUT2D eigenvalue weighted by Gasteiger charge is -2.12. The molecule has 3 aromatic rings. The molecule has 0 saturated heterocycles. The van der Waals surface area contributed by atoms with Gasteiger partial charge in [-0.3, -0.25) is 4.79 Å². The molecule has 0 spiro atoms. The van der Waals surface area contributed by atoms with Gasteiger partial charge in [-0.25, -0.2) is 19.3 Å². The van der Waals surface area contributed by atoms with Gasteiger partial charge in [-0.05, 0) is 25.7 Å². The van der Waals surface area contributed by atoms with Gasteiger partial charge < -0.3 is 19.2 Å². The van der Waals surface area contributed by atoms with Gasteiger partial charge in [0.1, 0.15) is 17.8 Å². The van der Waals surface area contributed by atoms with Crippen LogP contribution < -0.4 is 14.8 Å². The molecule has 0 bridgehead atoms. The second kappa shape index (κ2) is 8.02. The quantitative estimate of drug-likeness (QED) is 0.620. The van der Waals surface area contributed by atoms with Crippen molar-refractivity contribution in [2.75, 3.05) is 13.2 Å². The van der Waals surface area contributed by atoms with Gasteiger partial charge in [0.25, 0.3) is 0 Å². The molecule has 1 atom stereocenters. The Kier molecular flexibility index (Phi) is 5.28. The molecular formula is C20H21FN4O4. The summed E-state index contributed by atoms with van der Waals surface area (Å²) in [5.74, 6) is 0.525. The van der Waals surface area contributed by atoms with Gasteiger partial charge in [-0.1, -0.05) is 0 Å². The van der Waals surface area contributed by atoms with Crippen LogP contribution in [0.1, 0.15) is 26.7 Å². The molecule has 3 heterocycles. The highest BCUT2D eigenvalue weighted by atomic mass is 19.1. The van der Waals surface area contributed by atoms with E-state index in [1.54, 1.807) is 6.07 Å². The predicted molar refractivity (Wildman–Crippen MR) is 102 cm³/mol. The maximum Gasteiger partial charge on any atom is 0.246 e. The molecule has 9 heteroatoms. The van der Waals surface area contributed by atoms with E-state index in [0.717, 1.165) is 12.8 Å². The molecule has 8 nitrogen and oxygen atoms in total. The summed E-state index contributed by atoms with van der Waals surface area (Å²) in [7, 11) is 0. The second-order valence-corrected chi connectivity index (χ2v) is 7.18. The monoisotopic (exact) mass is 400 g/mol. The minimum Gasteiger partial charge on any atom is -0.489 e. The van der Waals surface area contributed by atoms with Gasteiger partial charge in [0.05, 0.1) is 25.0 Å². The second-order valence-electron chi connectivity index (χ2n) is 7.18. The fourth-order valence-corrected chi connectivity index (χ4v) is 2.73. The molecule has 1 aliphatic rings. The highest BCUT2D eigenvalue weighted by Gasteiger charge is 2.23. The van der Waals surface area contributed by atoms with Crippen LogP contribution in [0.3, 0.4) is 0 Å². The van der Waals surface area contributed by atoms with Crippen molar-refractivity contribution in [3.8, 4) is 23.2 Å². The number of oxazole rings is 1. The Hall–Kier alpha value is -3.23. The van der Waals surface area contributed by atoms with E-state index in [0.29, 0.717) is 29.5 Å². The van der Waals surface area contributed by atoms with Crippen molar-refractivity contribution in [3.63, 3.8) is 0 Å². The van der Waals surface area contributed by atoms with Gasteiger partial charge in [0, 0.05) is 19.1 Å². The van der Waals surface area contributed by atoms with Crippen LogP contribution in [0, 0.1) is 11.7 Å². The van der Waals surface area contributed by atoms with Gasteiger partial charge in [-0.2, -0.15) is 0 Å². The number of fused-ring (bicyclic) bond motifs is 1. The van der Waals surface area contributed by atoms with E-state index in [2.05, 4.69) is 20.3 Å². The Morgan fingerprint density at radius 2 is 2.14 bits per heavy atom. The highest BCUT2D eigenvalue weighted by Crippen LogP contribution is 2.31. The fourth-order valence-electron chi connectivity index (χ4n) is 2.73. The van der Waals surface area contributed by atoms with Crippen LogP contribution in [0.15, 0.2) is 28.9 Å². The smallest absolute Gasteiger partial charge is 0.246 e. The van der Waals surface area contributed by atoms with E-state index < -0.39 is 5.82 Å². The van der Waals surface area contributed by atoms with Crippen molar-refractivity contribution >= 4 is 17.0 Å². The fraction of sp³-hybridized carbons (Fsp3) is 0.400. The molecule has 0 unspecified atom stereocenters. The lowest BCUT2D eigenvalue weighted by atomic mass is 10.3. The van der Waals surface area contributed by atoms with E-state index >= 15 is 0 Å². The maximum atomic E-state index is 14.3. The number of pyridine rings is 2. The molecule has 1 N–H and O–H groups in total. The number of hydrogen-bond donors (Lipinski definition) is 1. The predicted octanol–water partition coefficient (Wildman–Crippen LogP) is 3.12. The molecule has 1 fully saturated rings. The summed E-state index contributed by atoms with van der Waals surface area (Å²) < 4.78 is 31.0. The summed E-state index contributed by atoms with van der Waals surface area (Å²) >= 11 is 0. The van der Waals surface area contributed by atoms with Crippen molar-refractivity contribution < 1.29 is 23.1 Å². The van der Waals surface area contributed by atoms with Crippen LogP contribution in [0.2, 0.25) is 0 Å². The number of carbonyl (C=O) groups is 1. The third-order valence-electron chi connectivity index (χ3n) is 4.39. The molecule has 3 aromatic heterocycles. The van der Waals surface area contributed by atoms with Crippen LogP contribution in [-0.2, 0) is 4.79 Å². The SMILES string of the molecule is CC(=O)N[C@@H](C)COc1cc2oc(-c3cc(F)c(OCC4CC4)cn3)nc2cn1. The van der Waals surface area contributed by atoms with E-state index in [-0.39, 0.29) is 35.9 Å². The molecule has 152 valence electrons. The van der Waals surface area contributed by atoms with E-state index in [4.69, 9.17) is 13.9 Å². The van der Waals surface area contributed by atoms with Crippen LogP contribution in [0.25, 0.3) is 22.7 Å². The molecule has 1 amide bonds. The van der Waals surface area contributed by atoms with E-state index in [1.807, 2.05) is 6.92 Å². The van der Waals surface area contributed by atoms with Gasteiger partial charge in [-0.15, -0.1) is 0 Å². The number of halogens is 1. The first kappa shape index (κ1) is 19.1. The summed E-state index contributed by atoms with van der Waals surface area (Å²) in [6.45, 7) is 4.04. The van der Waals surface area contributed by atoms with Crippen molar-refractivity contribution in [2.24, 2.45) is 5.92 Å². The Bertz CT molecular complexity index is 1030. The summed E-state index contributed by atoms with van der Waals surface area (Å²) in [6.07, 6.45) is 5.10. The first-order valence-electron chi connectivity index (χ1n) is 9.43. The lowest BCUT2D eigenvalue weighted by Crippen LogP contribution is -2.35. The molecule has 4 rings (SSSR count). The van der Waals surface area contributed by atoms with Crippen molar-refractivity contribution in [1.82, 2.24) is 20.3 Å². The Morgan fingerprint density at radius 1 is 1.31 bits per heavy atom. The number of ether oxygens (including phenoxy) is 2.